The molecule has 1 N–H and O–H groups in total. The molecule has 0 saturated heterocycles. The fraction of sp³-hybridized carbons (Fsp3) is 0.684. The van der Waals surface area contributed by atoms with Crippen molar-refractivity contribution >= 4 is 7.48 Å². The zero-order valence-electron chi connectivity index (χ0n) is 15.7. The number of benzene rings is 1. The van der Waals surface area contributed by atoms with Crippen molar-refractivity contribution in [2.75, 3.05) is 13.6 Å². The SMILES string of the molecule is CCCN(C)Cc1ccc(CC[B]OC(C)(C)C(C)(C)O)cc1. The summed E-state index contributed by atoms with van der Waals surface area (Å²) >= 11 is 0. The van der Waals surface area contributed by atoms with E-state index in [1.165, 1.54) is 17.5 Å². The van der Waals surface area contributed by atoms with E-state index in [0.717, 1.165) is 25.8 Å². The minimum absolute atomic E-state index is 0.583. The van der Waals surface area contributed by atoms with E-state index in [2.05, 4.69) is 43.1 Å². The molecule has 0 atom stereocenters. The summed E-state index contributed by atoms with van der Waals surface area (Å²) in [5.74, 6) is 0. The van der Waals surface area contributed by atoms with Gasteiger partial charge in [0.05, 0.1) is 11.2 Å². The number of rotatable bonds is 10. The van der Waals surface area contributed by atoms with Gasteiger partial charge in [0.1, 0.15) is 0 Å². The molecular weight excluding hydrogens is 285 g/mol. The number of aryl methyl sites for hydroxylation is 1. The third-order valence-electron chi connectivity index (χ3n) is 4.48. The van der Waals surface area contributed by atoms with Gasteiger partial charge in [-0.1, -0.05) is 31.2 Å². The maximum absolute atomic E-state index is 10.1. The first-order valence-electron chi connectivity index (χ1n) is 8.64. The quantitative estimate of drug-likeness (QED) is 0.528. The molecule has 0 amide bonds. The Hall–Kier alpha value is -0.835. The molecule has 0 spiro atoms. The predicted octanol–water partition coefficient (Wildman–Crippen LogP) is 3.67. The maximum Gasteiger partial charge on any atom is 0.293 e. The highest BCUT2D eigenvalue weighted by molar-refractivity contribution is 6.27. The Morgan fingerprint density at radius 1 is 1.09 bits per heavy atom. The number of nitrogens with zero attached hydrogens (tertiary/aromatic N) is 1. The van der Waals surface area contributed by atoms with E-state index < -0.39 is 11.2 Å². The van der Waals surface area contributed by atoms with Crippen LogP contribution in [-0.2, 0) is 17.6 Å². The largest absolute Gasteiger partial charge is 0.433 e. The van der Waals surface area contributed by atoms with E-state index in [0.29, 0.717) is 0 Å². The van der Waals surface area contributed by atoms with Crippen LogP contribution in [0.15, 0.2) is 24.3 Å². The Morgan fingerprint density at radius 3 is 2.17 bits per heavy atom. The topological polar surface area (TPSA) is 32.7 Å². The molecule has 1 radical (unpaired) electrons. The van der Waals surface area contributed by atoms with Crippen molar-refractivity contribution in [2.45, 2.75) is 71.5 Å². The monoisotopic (exact) mass is 318 g/mol. The van der Waals surface area contributed by atoms with Crippen molar-refractivity contribution < 1.29 is 9.76 Å². The minimum Gasteiger partial charge on any atom is -0.433 e. The summed E-state index contributed by atoms with van der Waals surface area (Å²) in [4.78, 5) is 2.34. The minimum atomic E-state index is -0.865. The molecule has 1 rings (SSSR count). The third kappa shape index (κ3) is 7.07. The van der Waals surface area contributed by atoms with E-state index in [-0.39, 0.29) is 0 Å². The lowest BCUT2D eigenvalue weighted by molar-refractivity contribution is -0.0903. The number of hydrogen-bond donors (Lipinski definition) is 1. The van der Waals surface area contributed by atoms with Crippen molar-refractivity contribution in [2.24, 2.45) is 0 Å². The molecule has 23 heavy (non-hydrogen) atoms. The fourth-order valence-corrected chi connectivity index (χ4v) is 2.22. The second kappa shape index (κ2) is 8.86. The van der Waals surface area contributed by atoms with Gasteiger partial charge in [0, 0.05) is 6.54 Å². The molecule has 1 aromatic carbocycles. The first-order chi connectivity index (χ1) is 10.7. The van der Waals surface area contributed by atoms with Crippen LogP contribution in [0.3, 0.4) is 0 Å². The highest BCUT2D eigenvalue weighted by Gasteiger charge is 2.35. The van der Waals surface area contributed by atoms with Gasteiger partial charge in [0.25, 0.3) is 7.48 Å². The van der Waals surface area contributed by atoms with Gasteiger partial charge in [0.2, 0.25) is 0 Å². The summed E-state index contributed by atoms with van der Waals surface area (Å²) in [6.45, 7) is 11.7. The standard InChI is InChI=1S/C19H33BNO2/c1-7-14-21(6)15-17-10-8-16(9-11-17)12-13-20-23-19(4,5)18(2,3)22/h8-11,22H,7,12-15H2,1-6H3. The second-order valence-electron chi connectivity index (χ2n) is 7.45. The Bertz CT molecular complexity index is 451. The molecule has 129 valence electrons. The van der Waals surface area contributed by atoms with E-state index in [4.69, 9.17) is 4.65 Å². The van der Waals surface area contributed by atoms with Crippen LogP contribution in [0.4, 0.5) is 0 Å². The highest BCUT2D eigenvalue weighted by Crippen LogP contribution is 2.24. The molecule has 0 aliphatic rings. The molecule has 0 aliphatic heterocycles. The van der Waals surface area contributed by atoms with Gasteiger partial charge in [-0.3, -0.25) is 0 Å². The molecule has 4 heteroatoms. The van der Waals surface area contributed by atoms with E-state index >= 15 is 0 Å². The summed E-state index contributed by atoms with van der Waals surface area (Å²) in [6.07, 6.45) is 2.98. The normalized spacial score (nSPS) is 12.7. The summed E-state index contributed by atoms with van der Waals surface area (Å²) in [5, 5.41) is 10.1. The first kappa shape index (κ1) is 20.2. The van der Waals surface area contributed by atoms with Crippen molar-refractivity contribution in [1.29, 1.82) is 0 Å². The summed E-state index contributed by atoms with van der Waals surface area (Å²) in [6, 6.07) is 8.82. The summed E-state index contributed by atoms with van der Waals surface area (Å²) in [5.41, 5.74) is 1.22. The lowest BCUT2D eigenvalue weighted by Crippen LogP contribution is -2.48. The molecule has 3 nitrogen and oxygen atoms in total. The van der Waals surface area contributed by atoms with Gasteiger partial charge in [-0.2, -0.15) is 0 Å². The Balaban J connectivity index is 2.36. The van der Waals surface area contributed by atoms with Crippen molar-refractivity contribution in [3.05, 3.63) is 35.4 Å². The van der Waals surface area contributed by atoms with Crippen LogP contribution in [0.5, 0.6) is 0 Å². The maximum atomic E-state index is 10.1. The number of hydrogen-bond acceptors (Lipinski definition) is 3. The molecule has 0 aromatic heterocycles. The average Bonchev–Trinajstić information content (AvgIpc) is 2.44. The number of aliphatic hydroxyl groups is 1. The lowest BCUT2D eigenvalue weighted by atomic mass is 9.84. The predicted molar refractivity (Wildman–Crippen MR) is 98.8 cm³/mol. The highest BCUT2D eigenvalue weighted by atomic mass is 16.5. The van der Waals surface area contributed by atoms with Crippen LogP contribution in [0.25, 0.3) is 0 Å². The average molecular weight is 318 g/mol. The van der Waals surface area contributed by atoms with Crippen LogP contribution >= 0.6 is 0 Å². The Labute approximate surface area is 143 Å². The molecule has 0 saturated carbocycles. The van der Waals surface area contributed by atoms with Gasteiger partial charge in [-0.15, -0.1) is 0 Å². The van der Waals surface area contributed by atoms with Gasteiger partial charge in [-0.25, -0.2) is 0 Å². The molecule has 0 bridgehead atoms. The van der Waals surface area contributed by atoms with Gasteiger partial charge in [0.15, 0.2) is 0 Å². The fourth-order valence-electron chi connectivity index (χ4n) is 2.22. The van der Waals surface area contributed by atoms with Crippen LogP contribution in [0, 0.1) is 0 Å². The van der Waals surface area contributed by atoms with E-state index in [1.54, 1.807) is 13.8 Å². The Morgan fingerprint density at radius 2 is 1.65 bits per heavy atom. The lowest BCUT2D eigenvalue weighted by Gasteiger charge is -2.37. The van der Waals surface area contributed by atoms with Crippen molar-refractivity contribution in [1.82, 2.24) is 4.90 Å². The summed E-state index contributed by atoms with van der Waals surface area (Å²) < 4.78 is 5.74. The van der Waals surface area contributed by atoms with Gasteiger partial charge < -0.3 is 14.7 Å². The van der Waals surface area contributed by atoms with Crippen LogP contribution in [0.2, 0.25) is 6.32 Å². The Kier molecular flexibility index (Phi) is 7.79. The van der Waals surface area contributed by atoms with Gasteiger partial charge in [-0.05, 0) is 71.6 Å². The zero-order valence-corrected chi connectivity index (χ0v) is 15.7. The van der Waals surface area contributed by atoms with Crippen LogP contribution in [-0.4, -0.2) is 42.3 Å². The first-order valence-corrected chi connectivity index (χ1v) is 8.64. The van der Waals surface area contributed by atoms with E-state index in [9.17, 15) is 5.11 Å². The van der Waals surface area contributed by atoms with Crippen LogP contribution < -0.4 is 0 Å². The van der Waals surface area contributed by atoms with Gasteiger partial charge >= 0.3 is 0 Å². The van der Waals surface area contributed by atoms with E-state index in [1.807, 2.05) is 21.3 Å². The molecule has 0 fully saturated rings. The molecular formula is C19H33BNO2. The van der Waals surface area contributed by atoms with Crippen LogP contribution in [0.1, 0.15) is 52.2 Å². The molecule has 0 heterocycles. The molecule has 1 aromatic rings. The van der Waals surface area contributed by atoms with Crippen molar-refractivity contribution in [3.63, 3.8) is 0 Å². The zero-order chi connectivity index (χ0) is 17.5. The smallest absolute Gasteiger partial charge is 0.293 e. The molecule has 0 aliphatic carbocycles. The van der Waals surface area contributed by atoms with Crippen molar-refractivity contribution in [3.8, 4) is 0 Å². The third-order valence-corrected chi connectivity index (χ3v) is 4.48. The summed E-state index contributed by atoms with van der Waals surface area (Å²) in [7, 11) is 3.98. The second-order valence-corrected chi connectivity index (χ2v) is 7.45. The molecule has 0 unspecified atom stereocenters.